The quantitative estimate of drug-likeness (QED) is 0.753. The van der Waals surface area contributed by atoms with Gasteiger partial charge < -0.3 is 25.0 Å². The van der Waals surface area contributed by atoms with Crippen molar-refractivity contribution in [2.24, 2.45) is 0 Å². The molecule has 1 amide bonds. The van der Waals surface area contributed by atoms with Gasteiger partial charge in [0.1, 0.15) is 11.8 Å². The number of amides is 1. The number of benzene rings is 1. The van der Waals surface area contributed by atoms with Gasteiger partial charge in [-0.05, 0) is 25.5 Å². The van der Waals surface area contributed by atoms with Crippen LogP contribution in [-0.4, -0.2) is 56.9 Å². The topological polar surface area (TPSA) is 62.8 Å². The predicted molar refractivity (Wildman–Crippen MR) is 104 cm³/mol. The van der Waals surface area contributed by atoms with Crippen molar-refractivity contribution in [3.8, 4) is 5.75 Å². The lowest BCUT2D eigenvalue weighted by Gasteiger charge is -2.30. The highest BCUT2D eigenvalue weighted by molar-refractivity contribution is 5.85. The molecular formula is C17H25Cl2F2N3O3. The van der Waals surface area contributed by atoms with Crippen LogP contribution in [0.15, 0.2) is 24.3 Å². The fourth-order valence-electron chi connectivity index (χ4n) is 3.33. The maximum Gasteiger partial charge on any atom is 0.387 e. The third-order valence-corrected chi connectivity index (χ3v) is 4.56. The summed E-state index contributed by atoms with van der Waals surface area (Å²) in [6.45, 7) is 1.48. The lowest BCUT2D eigenvalue weighted by Crippen LogP contribution is -2.57. The molecule has 0 aliphatic carbocycles. The van der Waals surface area contributed by atoms with Crippen LogP contribution in [0, 0.1) is 0 Å². The summed E-state index contributed by atoms with van der Waals surface area (Å²) in [5.41, 5.74) is 0.618. The van der Waals surface area contributed by atoms with Gasteiger partial charge in [0.05, 0.1) is 18.4 Å². The first-order chi connectivity index (χ1) is 12.0. The summed E-state index contributed by atoms with van der Waals surface area (Å²) in [6, 6.07) is 6.32. The number of alkyl halides is 2. The fraction of sp³-hybridized carbons (Fsp3) is 0.588. The minimum absolute atomic E-state index is 0. The van der Waals surface area contributed by atoms with E-state index in [-0.39, 0.29) is 54.7 Å². The minimum atomic E-state index is -2.86. The Morgan fingerprint density at radius 2 is 2.11 bits per heavy atom. The van der Waals surface area contributed by atoms with Crippen LogP contribution in [0.3, 0.4) is 0 Å². The summed E-state index contributed by atoms with van der Waals surface area (Å²) < 4.78 is 35.2. The summed E-state index contributed by atoms with van der Waals surface area (Å²) in [5.74, 6) is 0.0663. The first kappa shape index (κ1) is 23.7. The Hall–Kier alpha value is -1.35. The Balaban J connectivity index is 0.00000182. The van der Waals surface area contributed by atoms with Crippen LogP contribution in [-0.2, 0) is 9.53 Å². The molecule has 3 rings (SSSR count). The Morgan fingerprint density at radius 3 is 2.81 bits per heavy atom. The number of carbonyl (C=O) groups excluding carboxylic acids is 1. The molecule has 2 aliphatic heterocycles. The van der Waals surface area contributed by atoms with Crippen molar-refractivity contribution < 1.29 is 23.0 Å². The number of morpholine rings is 1. The molecule has 154 valence electrons. The average molecular weight is 428 g/mol. The zero-order valence-electron chi connectivity index (χ0n) is 14.9. The second kappa shape index (κ2) is 10.8. The standard InChI is InChI=1S/C17H23F2N3O3.2ClH/c1-11-15(20-7-9-24-11)16(23)21-12-6-8-22(10-12)13-4-2-3-5-14(13)25-17(18)19;;/h2-5,11-12,15,17,20H,6-10H2,1H3,(H,21,23);2*1H/t11-,12?,15+;;/m1../s1. The van der Waals surface area contributed by atoms with E-state index in [1.54, 1.807) is 18.2 Å². The molecule has 3 atom stereocenters. The summed E-state index contributed by atoms with van der Waals surface area (Å²) >= 11 is 0. The van der Waals surface area contributed by atoms with E-state index in [0.29, 0.717) is 31.9 Å². The summed E-state index contributed by atoms with van der Waals surface area (Å²) in [7, 11) is 0. The third kappa shape index (κ3) is 6.07. The van der Waals surface area contributed by atoms with Crippen molar-refractivity contribution in [1.29, 1.82) is 0 Å². The van der Waals surface area contributed by atoms with E-state index in [4.69, 9.17) is 4.74 Å². The van der Waals surface area contributed by atoms with Crippen LogP contribution >= 0.6 is 24.8 Å². The SMILES string of the molecule is C[C@H]1OCCN[C@@H]1C(=O)NC1CCN(c2ccccc2OC(F)F)C1.Cl.Cl. The molecule has 0 radical (unpaired) electrons. The predicted octanol–water partition coefficient (Wildman–Crippen LogP) is 2.20. The van der Waals surface area contributed by atoms with Crippen molar-refractivity contribution in [1.82, 2.24) is 10.6 Å². The first-order valence-corrected chi connectivity index (χ1v) is 8.48. The van der Waals surface area contributed by atoms with Crippen LogP contribution in [0.4, 0.5) is 14.5 Å². The van der Waals surface area contributed by atoms with E-state index in [1.165, 1.54) is 6.07 Å². The van der Waals surface area contributed by atoms with Gasteiger partial charge >= 0.3 is 6.61 Å². The van der Waals surface area contributed by atoms with Crippen molar-refractivity contribution in [2.75, 3.05) is 31.1 Å². The second-order valence-electron chi connectivity index (χ2n) is 6.29. The van der Waals surface area contributed by atoms with Crippen molar-refractivity contribution in [3.05, 3.63) is 24.3 Å². The number of nitrogens with zero attached hydrogens (tertiary/aromatic N) is 1. The molecule has 0 bridgehead atoms. The van der Waals surface area contributed by atoms with E-state index in [2.05, 4.69) is 15.4 Å². The monoisotopic (exact) mass is 427 g/mol. The van der Waals surface area contributed by atoms with Gasteiger partial charge in [-0.3, -0.25) is 4.79 Å². The molecule has 2 aliphatic rings. The third-order valence-electron chi connectivity index (χ3n) is 4.56. The smallest absolute Gasteiger partial charge is 0.387 e. The van der Waals surface area contributed by atoms with Gasteiger partial charge in [0.25, 0.3) is 0 Å². The van der Waals surface area contributed by atoms with Gasteiger partial charge in [-0.1, -0.05) is 12.1 Å². The van der Waals surface area contributed by atoms with E-state index in [1.807, 2.05) is 11.8 Å². The van der Waals surface area contributed by atoms with Gasteiger partial charge in [-0.2, -0.15) is 8.78 Å². The molecule has 6 nitrogen and oxygen atoms in total. The van der Waals surface area contributed by atoms with E-state index < -0.39 is 6.61 Å². The number of anilines is 1. The number of rotatable bonds is 5. The highest BCUT2D eigenvalue weighted by atomic mass is 35.5. The Labute approximate surface area is 169 Å². The molecule has 2 heterocycles. The Morgan fingerprint density at radius 1 is 1.37 bits per heavy atom. The van der Waals surface area contributed by atoms with Gasteiger partial charge in [0, 0.05) is 25.7 Å². The maximum atomic E-state index is 12.6. The second-order valence-corrected chi connectivity index (χ2v) is 6.29. The molecule has 0 aromatic heterocycles. The molecule has 27 heavy (non-hydrogen) atoms. The number of hydrogen-bond acceptors (Lipinski definition) is 5. The van der Waals surface area contributed by atoms with Gasteiger partial charge in [-0.15, -0.1) is 24.8 Å². The molecule has 2 fully saturated rings. The summed E-state index contributed by atoms with van der Waals surface area (Å²) in [6.07, 6.45) is 0.572. The Bertz CT molecular complexity index is 613. The number of halogens is 4. The molecular weight excluding hydrogens is 403 g/mol. The van der Waals surface area contributed by atoms with Crippen LogP contribution in [0.25, 0.3) is 0 Å². The van der Waals surface area contributed by atoms with E-state index >= 15 is 0 Å². The van der Waals surface area contributed by atoms with Gasteiger partial charge in [0.2, 0.25) is 5.91 Å². The van der Waals surface area contributed by atoms with Crippen LogP contribution in [0.1, 0.15) is 13.3 Å². The highest BCUT2D eigenvalue weighted by Gasteiger charge is 2.32. The number of para-hydroxylation sites is 2. The number of hydrogen-bond donors (Lipinski definition) is 2. The normalized spacial score (nSPS) is 24.7. The lowest BCUT2D eigenvalue weighted by molar-refractivity contribution is -0.129. The minimum Gasteiger partial charge on any atom is -0.433 e. The van der Waals surface area contributed by atoms with Crippen LogP contribution in [0.5, 0.6) is 5.75 Å². The first-order valence-electron chi connectivity index (χ1n) is 8.48. The molecule has 2 saturated heterocycles. The molecule has 1 aromatic rings. The molecule has 1 aromatic carbocycles. The molecule has 10 heteroatoms. The summed E-state index contributed by atoms with van der Waals surface area (Å²) in [4.78, 5) is 14.4. The average Bonchev–Trinajstić information content (AvgIpc) is 3.03. The largest absolute Gasteiger partial charge is 0.433 e. The molecule has 0 spiro atoms. The maximum absolute atomic E-state index is 12.6. The van der Waals surface area contributed by atoms with Gasteiger partial charge in [0.15, 0.2) is 0 Å². The van der Waals surface area contributed by atoms with Crippen LogP contribution in [0.2, 0.25) is 0 Å². The fourth-order valence-corrected chi connectivity index (χ4v) is 3.33. The zero-order valence-corrected chi connectivity index (χ0v) is 16.5. The van der Waals surface area contributed by atoms with Crippen LogP contribution < -0.4 is 20.3 Å². The Kier molecular flexibility index (Phi) is 9.52. The van der Waals surface area contributed by atoms with Crippen molar-refractivity contribution in [3.63, 3.8) is 0 Å². The zero-order chi connectivity index (χ0) is 17.8. The number of ether oxygens (including phenoxy) is 2. The van der Waals surface area contributed by atoms with Crippen molar-refractivity contribution in [2.45, 2.75) is 38.1 Å². The van der Waals surface area contributed by atoms with Gasteiger partial charge in [-0.25, -0.2) is 0 Å². The number of nitrogens with one attached hydrogen (secondary N) is 2. The lowest BCUT2D eigenvalue weighted by atomic mass is 10.1. The van der Waals surface area contributed by atoms with Crippen molar-refractivity contribution >= 4 is 36.4 Å². The highest BCUT2D eigenvalue weighted by Crippen LogP contribution is 2.31. The molecule has 1 unspecified atom stereocenters. The summed E-state index contributed by atoms with van der Waals surface area (Å²) in [5, 5.41) is 6.19. The van der Waals surface area contributed by atoms with E-state index in [9.17, 15) is 13.6 Å². The molecule has 0 saturated carbocycles. The molecule has 2 N–H and O–H groups in total. The number of carbonyl (C=O) groups is 1. The van der Waals surface area contributed by atoms with E-state index in [0.717, 1.165) is 6.42 Å².